The molecule has 0 aliphatic heterocycles. The van der Waals surface area contributed by atoms with Crippen LogP contribution in [0.3, 0.4) is 0 Å². The van der Waals surface area contributed by atoms with Gasteiger partial charge in [0.05, 0.1) is 20.2 Å². The maximum absolute atomic E-state index is 12.9. The van der Waals surface area contributed by atoms with Crippen LogP contribution >= 0.6 is 0 Å². The van der Waals surface area contributed by atoms with Crippen LogP contribution in [-0.2, 0) is 20.2 Å². The minimum Gasteiger partial charge on any atom is -0.748 e. The second-order valence-electron chi connectivity index (χ2n) is 10.7. The molecule has 2 heterocycles. The Balaban J connectivity index is 1.64. The van der Waals surface area contributed by atoms with E-state index in [0.29, 0.717) is 27.7 Å². The van der Waals surface area contributed by atoms with Gasteiger partial charge in [0.15, 0.2) is 11.4 Å². The summed E-state index contributed by atoms with van der Waals surface area (Å²) in [7, 11) is -8.91. The fraction of sp³-hybridized carbons (Fsp3) is 0.370. The zero-order valence-corrected chi connectivity index (χ0v) is 24.2. The van der Waals surface area contributed by atoms with Crippen LogP contribution < -0.4 is 10.5 Å². The van der Waals surface area contributed by atoms with Crippen LogP contribution in [0.2, 0.25) is 0 Å². The van der Waals surface area contributed by atoms with Crippen molar-refractivity contribution in [2.45, 2.75) is 33.6 Å². The lowest BCUT2D eigenvalue weighted by atomic mass is 9.86. The SMILES string of the molecule is CC(C)(C)C(=O)c1ccc2oc(-c3cc4ccc(N(CCCS(=O)(=O)[O-])CCCS(=O)(=O)[O-])cc4oc3=O)nc2c1. The standard InChI is InChI=1S/C27H30N2O10S2/c1-27(2,3)24(30)18-7-9-22-21(15-18)28-25(38-22)20-14-17-6-8-19(16-23(17)39-26(20)31)29(10-4-12-40(32,33)34)11-5-13-41(35,36)37/h6-9,14-16H,4-5,10-13H2,1-3H3,(H,32,33,34)(H,35,36,37)/p-2. The topological polar surface area (TPSA) is 191 Å². The summed E-state index contributed by atoms with van der Waals surface area (Å²) in [6, 6.07) is 11.2. The van der Waals surface area contributed by atoms with E-state index in [9.17, 15) is 35.5 Å². The maximum atomic E-state index is 12.9. The normalized spacial score (nSPS) is 12.7. The third-order valence-corrected chi connectivity index (χ3v) is 7.87. The van der Waals surface area contributed by atoms with Crippen LogP contribution in [0, 0.1) is 5.41 Å². The third kappa shape index (κ3) is 7.79. The first-order chi connectivity index (χ1) is 19.0. The van der Waals surface area contributed by atoms with E-state index in [1.807, 2.05) is 20.8 Å². The highest BCUT2D eigenvalue weighted by Gasteiger charge is 2.24. The van der Waals surface area contributed by atoms with Crippen LogP contribution in [-0.4, -0.2) is 61.3 Å². The summed E-state index contributed by atoms with van der Waals surface area (Å²) >= 11 is 0. The number of hydrogen-bond donors (Lipinski definition) is 0. The largest absolute Gasteiger partial charge is 0.748 e. The summed E-state index contributed by atoms with van der Waals surface area (Å²) in [6.07, 6.45) is -0.0602. The average molecular weight is 605 g/mol. The van der Waals surface area contributed by atoms with E-state index >= 15 is 0 Å². The predicted molar refractivity (Wildman–Crippen MR) is 150 cm³/mol. The lowest BCUT2D eigenvalue weighted by molar-refractivity contribution is 0.0858. The average Bonchev–Trinajstić information content (AvgIpc) is 3.27. The van der Waals surface area contributed by atoms with E-state index in [0.717, 1.165) is 0 Å². The number of rotatable bonds is 11. The number of nitrogens with zero attached hydrogens (tertiary/aromatic N) is 2. The van der Waals surface area contributed by atoms with Crippen LogP contribution in [0.5, 0.6) is 0 Å². The molecule has 0 saturated carbocycles. The zero-order valence-electron chi connectivity index (χ0n) is 22.6. The summed E-state index contributed by atoms with van der Waals surface area (Å²) in [4.78, 5) is 31.6. The molecule has 0 aliphatic carbocycles. The van der Waals surface area contributed by atoms with Gasteiger partial charge in [0.2, 0.25) is 5.89 Å². The molecular weight excluding hydrogens is 576 g/mol. The molecule has 0 N–H and O–H groups in total. The van der Waals surface area contributed by atoms with Crippen molar-refractivity contribution < 1.29 is 39.6 Å². The molecule has 2 aromatic carbocycles. The second-order valence-corrected chi connectivity index (χ2v) is 13.7. The summed E-state index contributed by atoms with van der Waals surface area (Å²) in [5, 5.41) is 0.512. The van der Waals surface area contributed by atoms with Crippen molar-refractivity contribution in [2.24, 2.45) is 5.41 Å². The Morgan fingerprint density at radius 2 is 1.51 bits per heavy atom. The molecule has 0 bridgehead atoms. The summed E-state index contributed by atoms with van der Waals surface area (Å²) < 4.78 is 77.5. The van der Waals surface area contributed by atoms with E-state index < -0.39 is 42.8 Å². The molecule has 0 unspecified atom stereocenters. The van der Waals surface area contributed by atoms with Gasteiger partial charge in [-0.15, -0.1) is 0 Å². The van der Waals surface area contributed by atoms with E-state index in [-0.39, 0.29) is 48.8 Å². The van der Waals surface area contributed by atoms with Crippen molar-refractivity contribution in [3.63, 3.8) is 0 Å². The van der Waals surface area contributed by atoms with Crippen molar-refractivity contribution in [3.8, 4) is 11.5 Å². The van der Waals surface area contributed by atoms with E-state index in [4.69, 9.17) is 8.83 Å². The third-order valence-electron chi connectivity index (χ3n) is 6.29. The molecule has 14 heteroatoms. The first-order valence-corrected chi connectivity index (χ1v) is 15.8. The molecule has 0 amide bonds. The molecule has 0 atom stereocenters. The Hall–Kier alpha value is -3.59. The van der Waals surface area contributed by atoms with Crippen LogP contribution in [0.4, 0.5) is 5.69 Å². The van der Waals surface area contributed by atoms with Gasteiger partial charge in [-0.2, -0.15) is 0 Å². The van der Waals surface area contributed by atoms with Gasteiger partial charge in [0, 0.05) is 52.7 Å². The number of hydrogen-bond acceptors (Lipinski definition) is 12. The van der Waals surface area contributed by atoms with Crippen molar-refractivity contribution in [1.82, 2.24) is 4.98 Å². The van der Waals surface area contributed by atoms with E-state index in [1.54, 1.807) is 35.2 Å². The van der Waals surface area contributed by atoms with Gasteiger partial charge >= 0.3 is 5.63 Å². The van der Waals surface area contributed by atoms with Gasteiger partial charge in [0.1, 0.15) is 16.7 Å². The van der Waals surface area contributed by atoms with Crippen molar-refractivity contribution >= 4 is 53.8 Å². The minimum absolute atomic E-state index is 0.0133. The Labute approximate surface area is 236 Å². The van der Waals surface area contributed by atoms with Gasteiger partial charge in [-0.25, -0.2) is 26.6 Å². The zero-order chi connectivity index (χ0) is 30.2. The van der Waals surface area contributed by atoms with Gasteiger partial charge < -0.3 is 22.8 Å². The molecule has 4 rings (SSSR count). The van der Waals surface area contributed by atoms with Crippen molar-refractivity contribution in [3.05, 3.63) is 58.4 Å². The number of Topliss-reactive ketones (excluding diaryl/α,β-unsaturated/α-hetero) is 1. The van der Waals surface area contributed by atoms with E-state index in [1.165, 1.54) is 12.1 Å². The number of aromatic nitrogens is 1. The fourth-order valence-corrected chi connectivity index (χ4v) is 5.26. The monoisotopic (exact) mass is 604 g/mol. The van der Waals surface area contributed by atoms with Gasteiger partial charge in [0.25, 0.3) is 0 Å². The molecule has 0 aliphatic rings. The lowest BCUT2D eigenvalue weighted by Gasteiger charge is -2.25. The first kappa shape index (κ1) is 30.4. The number of carbonyl (C=O) groups is 1. The molecule has 0 saturated heterocycles. The number of ketones is 1. The quantitative estimate of drug-likeness (QED) is 0.138. The first-order valence-electron chi connectivity index (χ1n) is 12.7. The number of carbonyl (C=O) groups excluding carboxylic acids is 1. The molecule has 0 fully saturated rings. The summed E-state index contributed by atoms with van der Waals surface area (Å²) in [5.74, 6) is -1.29. The van der Waals surface area contributed by atoms with E-state index in [2.05, 4.69) is 4.98 Å². The van der Waals surface area contributed by atoms with Crippen molar-refractivity contribution in [2.75, 3.05) is 29.5 Å². The van der Waals surface area contributed by atoms with Crippen molar-refractivity contribution in [1.29, 1.82) is 0 Å². The Morgan fingerprint density at radius 3 is 2.10 bits per heavy atom. The molecule has 12 nitrogen and oxygen atoms in total. The summed E-state index contributed by atoms with van der Waals surface area (Å²) in [5.41, 5.74) is 0.638. The molecular formula is C27H28N2O10S2-2. The fourth-order valence-electron chi connectivity index (χ4n) is 4.30. The Kier molecular flexibility index (Phi) is 8.41. The highest BCUT2D eigenvalue weighted by molar-refractivity contribution is 7.85. The van der Waals surface area contributed by atoms with Gasteiger partial charge in [-0.05, 0) is 49.2 Å². The highest BCUT2D eigenvalue weighted by Crippen LogP contribution is 2.29. The van der Waals surface area contributed by atoms with Gasteiger partial charge in [-0.1, -0.05) is 20.8 Å². The molecule has 220 valence electrons. The molecule has 2 aromatic heterocycles. The molecule has 0 spiro atoms. The summed E-state index contributed by atoms with van der Waals surface area (Å²) in [6.45, 7) is 5.60. The number of oxazole rings is 1. The highest BCUT2D eigenvalue weighted by atomic mass is 32.2. The number of benzene rings is 2. The number of anilines is 1. The van der Waals surface area contributed by atoms with Crippen LogP contribution in [0.15, 0.2) is 56.1 Å². The van der Waals surface area contributed by atoms with Gasteiger partial charge in [-0.3, -0.25) is 4.79 Å². The second kappa shape index (κ2) is 11.4. The lowest BCUT2D eigenvalue weighted by Crippen LogP contribution is -2.28. The molecule has 0 radical (unpaired) electrons. The van der Waals surface area contributed by atoms with Crippen LogP contribution in [0.25, 0.3) is 33.5 Å². The smallest absolute Gasteiger partial charge is 0.349 e. The number of fused-ring (bicyclic) bond motifs is 2. The molecule has 41 heavy (non-hydrogen) atoms. The minimum atomic E-state index is -4.45. The van der Waals surface area contributed by atoms with Crippen LogP contribution in [0.1, 0.15) is 44.0 Å². The predicted octanol–water partition coefficient (Wildman–Crippen LogP) is 3.51. The maximum Gasteiger partial charge on any atom is 0.349 e. The Bertz CT molecular complexity index is 1850. The molecule has 4 aromatic rings. The Morgan fingerprint density at radius 1 is 0.878 bits per heavy atom.